The number of benzene rings is 1. The van der Waals surface area contributed by atoms with Gasteiger partial charge >= 0.3 is 5.97 Å². The third-order valence-corrected chi connectivity index (χ3v) is 3.90. The van der Waals surface area contributed by atoms with E-state index in [1.807, 2.05) is 20.8 Å². The molecule has 1 atom stereocenters. The van der Waals surface area contributed by atoms with Crippen LogP contribution in [0.3, 0.4) is 0 Å². The Morgan fingerprint density at radius 3 is 2.48 bits per heavy atom. The van der Waals surface area contributed by atoms with Gasteiger partial charge in [-0.1, -0.05) is 12.1 Å². The van der Waals surface area contributed by atoms with Crippen LogP contribution in [-0.2, 0) is 14.3 Å². The van der Waals surface area contributed by atoms with Crippen LogP contribution in [0, 0.1) is 5.92 Å². The van der Waals surface area contributed by atoms with Crippen molar-refractivity contribution in [2.75, 3.05) is 19.0 Å². The molecule has 124 valence electrons. The second kappa shape index (κ2) is 6.40. The molecule has 0 bridgehead atoms. The average molecular weight is 318 g/mol. The maximum absolute atomic E-state index is 12.5. The maximum Gasteiger partial charge on any atom is 0.339 e. The van der Waals surface area contributed by atoms with Gasteiger partial charge in [0, 0.05) is 18.5 Å². The third-order valence-electron chi connectivity index (χ3n) is 3.90. The van der Waals surface area contributed by atoms with Crippen molar-refractivity contribution < 1.29 is 19.1 Å². The number of anilines is 1. The van der Waals surface area contributed by atoms with Gasteiger partial charge in [0.2, 0.25) is 11.8 Å². The first-order chi connectivity index (χ1) is 10.7. The molecule has 23 heavy (non-hydrogen) atoms. The predicted octanol–water partition coefficient (Wildman–Crippen LogP) is 2.06. The zero-order valence-corrected chi connectivity index (χ0v) is 13.9. The number of ether oxygens (including phenoxy) is 1. The minimum atomic E-state index is -0.514. The molecule has 6 nitrogen and oxygen atoms in total. The SMILES string of the molecule is COC(=O)c1ccccc1NC(=O)[C@@H]1CC(=O)N(C(C)(C)C)C1. The summed E-state index contributed by atoms with van der Waals surface area (Å²) in [4.78, 5) is 38.0. The van der Waals surface area contributed by atoms with Crippen LogP contribution in [-0.4, -0.2) is 41.9 Å². The van der Waals surface area contributed by atoms with Gasteiger partial charge in [-0.2, -0.15) is 0 Å². The molecule has 1 N–H and O–H groups in total. The van der Waals surface area contributed by atoms with E-state index in [9.17, 15) is 14.4 Å². The Kier molecular flexibility index (Phi) is 4.73. The lowest BCUT2D eigenvalue weighted by Crippen LogP contribution is -2.42. The van der Waals surface area contributed by atoms with Gasteiger partial charge in [0.15, 0.2) is 0 Å². The largest absolute Gasteiger partial charge is 0.465 e. The van der Waals surface area contributed by atoms with Gasteiger partial charge < -0.3 is 15.0 Å². The monoisotopic (exact) mass is 318 g/mol. The molecule has 1 aliphatic rings. The molecule has 0 aliphatic carbocycles. The number of carbonyl (C=O) groups excluding carboxylic acids is 3. The second-order valence-corrected chi connectivity index (χ2v) is 6.60. The number of para-hydroxylation sites is 1. The minimum absolute atomic E-state index is 0.0288. The number of hydrogen-bond donors (Lipinski definition) is 1. The van der Waals surface area contributed by atoms with E-state index in [-0.39, 0.29) is 23.8 Å². The van der Waals surface area contributed by atoms with Crippen molar-refractivity contribution in [3.8, 4) is 0 Å². The van der Waals surface area contributed by atoms with E-state index in [0.29, 0.717) is 17.8 Å². The van der Waals surface area contributed by atoms with Crippen LogP contribution < -0.4 is 5.32 Å². The van der Waals surface area contributed by atoms with E-state index in [1.165, 1.54) is 7.11 Å². The van der Waals surface area contributed by atoms with E-state index < -0.39 is 11.9 Å². The Morgan fingerprint density at radius 1 is 1.26 bits per heavy atom. The molecule has 2 rings (SSSR count). The van der Waals surface area contributed by atoms with Gasteiger partial charge in [-0.25, -0.2) is 4.79 Å². The molecule has 1 saturated heterocycles. The first kappa shape index (κ1) is 17.0. The average Bonchev–Trinajstić information content (AvgIpc) is 2.89. The molecular weight excluding hydrogens is 296 g/mol. The lowest BCUT2D eigenvalue weighted by atomic mass is 10.1. The van der Waals surface area contributed by atoms with Crippen LogP contribution in [0.2, 0.25) is 0 Å². The van der Waals surface area contributed by atoms with Crippen LogP contribution in [0.5, 0.6) is 0 Å². The highest BCUT2D eigenvalue weighted by molar-refractivity contribution is 6.03. The molecule has 2 amide bonds. The van der Waals surface area contributed by atoms with Crippen LogP contribution in [0.15, 0.2) is 24.3 Å². The van der Waals surface area contributed by atoms with Crippen molar-refractivity contribution in [2.45, 2.75) is 32.7 Å². The Morgan fingerprint density at radius 2 is 1.91 bits per heavy atom. The van der Waals surface area contributed by atoms with Crippen molar-refractivity contribution in [1.29, 1.82) is 0 Å². The summed E-state index contributed by atoms with van der Waals surface area (Å²) < 4.78 is 4.71. The summed E-state index contributed by atoms with van der Waals surface area (Å²) in [6.45, 7) is 6.21. The van der Waals surface area contributed by atoms with E-state index >= 15 is 0 Å². The van der Waals surface area contributed by atoms with Gasteiger partial charge in [-0.15, -0.1) is 0 Å². The van der Waals surface area contributed by atoms with Gasteiger partial charge in [0.05, 0.1) is 24.3 Å². The van der Waals surface area contributed by atoms with Crippen molar-refractivity contribution in [3.05, 3.63) is 29.8 Å². The highest BCUT2D eigenvalue weighted by Crippen LogP contribution is 2.27. The molecular formula is C17H22N2O4. The molecule has 0 unspecified atom stereocenters. The van der Waals surface area contributed by atoms with Gasteiger partial charge in [0.25, 0.3) is 0 Å². The van der Waals surface area contributed by atoms with Crippen molar-refractivity contribution in [2.24, 2.45) is 5.92 Å². The normalized spacial score (nSPS) is 18.0. The standard InChI is InChI=1S/C17H22N2O4/c1-17(2,3)19-10-11(9-14(19)20)15(21)18-13-8-6-5-7-12(13)16(22)23-4/h5-8,11H,9-10H2,1-4H3,(H,18,21)/t11-/m1/s1. The van der Waals surface area contributed by atoms with Gasteiger partial charge in [-0.05, 0) is 32.9 Å². The second-order valence-electron chi connectivity index (χ2n) is 6.60. The van der Waals surface area contributed by atoms with E-state index in [1.54, 1.807) is 29.2 Å². The van der Waals surface area contributed by atoms with Crippen LogP contribution in [0.4, 0.5) is 5.69 Å². The Bertz CT molecular complexity index is 634. The number of rotatable bonds is 3. The zero-order valence-electron chi connectivity index (χ0n) is 13.9. The quantitative estimate of drug-likeness (QED) is 0.866. The topological polar surface area (TPSA) is 75.7 Å². The summed E-state index contributed by atoms with van der Waals surface area (Å²) in [5.74, 6) is -1.23. The minimum Gasteiger partial charge on any atom is -0.465 e. The molecule has 1 aliphatic heterocycles. The van der Waals surface area contributed by atoms with Crippen LogP contribution in [0.1, 0.15) is 37.6 Å². The summed E-state index contributed by atoms with van der Waals surface area (Å²) in [7, 11) is 1.29. The number of nitrogens with one attached hydrogen (secondary N) is 1. The highest BCUT2D eigenvalue weighted by atomic mass is 16.5. The van der Waals surface area contributed by atoms with E-state index in [0.717, 1.165) is 0 Å². The predicted molar refractivity (Wildman–Crippen MR) is 86.0 cm³/mol. The Hall–Kier alpha value is -2.37. The maximum atomic E-state index is 12.5. The lowest BCUT2D eigenvalue weighted by Gasteiger charge is -2.31. The van der Waals surface area contributed by atoms with E-state index in [2.05, 4.69) is 5.32 Å². The van der Waals surface area contributed by atoms with Gasteiger partial charge in [0.1, 0.15) is 0 Å². The number of methoxy groups -OCH3 is 1. The Labute approximate surface area is 135 Å². The fraction of sp³-hybridized carbons (Fsp3) is 0.471. The fourth-order valence-electron chi connectivity index (χ4n) is 2.65. The van der Waals surface area contributed by atoms with Crippen molar-refractivity contribution in [1.82, 2.24) is 4.90 Å². The van der Waals surface area contributed by atoms with Gasteiger partial charge in [-0.3, -0.25) is 9.59 Å². The number of hydrogen-bond acceptors (Lipinski definition) is 4. The van der Waals surface area contributed by atoms with Crippen LogP contribution in [0.25, 0.3) is 0 Å². The molecule has 1 fully saturated rings. The summed E-state index contributed by atoms with van der Waals surface area (Å²) in [5, 5.41) is 2.74. The molecule has 1 aromatic carbocycles. The summed E-state index contributed by atoms with van der Waals surface area (Å²) >= 11 is 0. The molecule has 1 heterocycles. The molecule has 0 aromatic heterocycles. The smallest absolute Gasteiger partial charge is 0.339 e. The highest BCUT2D eigenvalue weighted by Gasteiger charge is 2.39. The van der Waals surface area contributed by atoms with Crippen LogP contribution >= 0.6 is 0 Å². The fourth-order valence-corrected chi connectivity index (χ4v) is 2.65. The number of carbonyl (C=O) groups is 3. The molecule has 0 spiro atoms. The molecule has 0 saturated carbocycles. The first-order valence-electron chi connectivity index (χ1n) is 7.52. The molecule has 1 aromatic rings. The number of nitrogens with zero attached hydrogens (tertiary/aromatic N) is 1. The molecule has 6 heteroatoms. The summed E-state index contributed by atoms with van der Waals surface area (Å²) in [6.07, 6.45) is 0.184. The summed E-state index contributed by atoms with van der Waals surface area (Å²) in [5.41, 5.74) is 0.377. The summed E-state index contributed by atoms with van der Waals surface area (Å²) in [6, 6.07) is 6.65. The van der Waals surface area contributed by atoms with Crippen molar-refractivity contribution in [3.63, 3.8) is 0 Å². The lowest BCUT2D eigenvalue weighted by molar-refractivity contribution is -0.131. The van der Waals surface area contributed by atoms with Crippen molar-refractivity contribution >= 4 is 23.5 Å². The number of esters is 1. The number of likely N-dealkylation sites (tertiary alicyclic amines) is 1. The number of amides is 2. The van der Waals surface area contributed by atoms with E-state index in [4.69, 9.17) is 4.74 Å². The Balaban J connectivity index is 2.12. The molecule has 0 radical (unpaired) electrons. The first-order valence-corrected chi connectivity index (χ1v) is 7.52. The third kappa shape index (κ3) is 3.70. The zero-order chi connectivity index (χ0) is 17.2.